The number of primary amides is 1. The molecule has 1 aliphatic heterocycles. The zero-order valence-corrected chi connectivity index (χ0v) is 10.0. The van der Waals surface area contributed by atoms with E-state index < -0.39 is 0 Å². The Bertz CT molecular complexity index is 215. The molecule has 1 saturated heterocycles. The molecule has 0 saturated carbocycles. The minimum Gasteiger partial charge on any atom is -0.377 e. The van der Waals surface area contributed by atoms with Gasteiger partial charge in [0.05, 0.1) is 18.8 Å². The highest BCUT2D eigenvalue weighted by atomic mass is 16.5. The topological polar surface area (TPSA) is 81.6 Å². The number of hydrogen-bond donors (Lipinski definition) is 2. The molecule has 1 fully saturated rings. The average molecular weight is 229 g/mol. The number of amides is 1. The first-order valence-electron chi connectivity index (χ1n) is 6.04. The molecule has 1 rings (SSSR count). The molecule has 4 N–H and O–H groups in total. The standard InChI is InChI=1S/C11H23N3O2/c1-2-10(11(13)15)14-6-3-9(4-7-14)16-8-5-12/h9-10H,2-8,12H2,1H3,(H2,13,15). The van der Waals surface area contributed by atoms with Crippen LogP contribution in [0.15, 0.2) is 0 Å². The number of piperidine rings is 1. The SMILES string of the molecule is CCC(C(N)=O)N1CCC(OCCN)CC1. The zero-order valence-electron chi connectivity index (χ0n) is 10.0. The van der Waals surface area contributed by atoms with Gasteiger partial charge in [0, 0.05) is 19.6 Å². The van der Waals surface area contributed by atoms with E-state index in [9.17, 15) is 4.79 Å². The van der Waals surface area contributed by atoms with E-state index >= 15 is 0 Å². The lowest BCUT2D eigenvalue weighted by Crippen LogP contribution is -2.49. The summed E-state index contributed by atoms with van der Waals surface area (Å²) in [6.45, 7) is 4.95. The molecule has 0 aliphatic carbocycles. The van der Waals surface area contributed by atoms with Gasteiger partial charge in [0.15, 0.2) is 0 Å². The number of rotatable bonds is 6. The molecule has 0 aromatic rings. The summed E-state index contributed by atoms with van der Waals surface area (Å²) in [6, 6.07) is -0.115. The van der Waals surface area contributed by atoms with Gasteiger partial charge in [0.1, 0.15) is 0 Å². The van der Waals surface area contributed by atoms with Gasteiger partial charge in [-0.2, -0.15) is 0 Å². The van der Waals surface area contributed by atoms with Gasteiger partial charge in [0.2, 0.25) is 5.91 Å². The molecule has 0 radical (unpaired) electrons. The van der Waals surface area contributed by atoms with E-state index in [1.165, 1.54) is 0 Å². The van der Waals surface area contributed by atoms with Gasteiger partial charge in [-0.3, -0.25) is 9.69 Å². The molecular formula is C11H23N3O2. The average Bonchev–Trinajstić information content (AvgIpc) is 2.28. The summed E-state index contributed by atoms with van der Waals surface area (Å²) in [4.78, 5) is 13.4. The third-order valence-corrected chi connectivity index (χ3v) is 3.10. The number of hydrogen-bond acceptors (Lipinski definition) is 4. The quantitative estimate of drug-likeness (QED) is 0.654. The summed E-state index contributed by atoms with van der Waals surface area (Å²) in [7, 11) is 0. The third-order valence-electron chi connectivity index (χ3n) is 3.10. The summed E-state index contributed by atoms with van der Waals surface area (Å²) in [5, 5.41) is 0. The zero-order chi connectivity index (χ0) is 12.0. The van der Waals surface area contributed by atoms with E-state index in [1.54, 1.807) is 0 Å². The van der Waals surface area contributed by atoms with E-state index in [0.717, 1.165) is 32.4 Å². The molecule has 1 aliphatic rings. The first-order chi connectivity index (χ1) is 7.69. The van der Waals surface area contributed by atoms with Gasteiger partial charge >= 0.3 is 0 Å². The fourth-order valence-electron chi connectivity index (χ4n) is 2.23. The van der Waals surface area contributed by atoms with Gasteiger partial charge in [-0.05, 0) is 19.3 Å². The molecule has 0 bridgehead atoms. The van der Waals surface area contributed by atoms with Crippen molar-refractivity contribution in [1.82, 2.24) is 4.90 Å². The van der Waals surface area contributed by atoms with Crippen molar-refractivity contribution >= 4 is 5.91 Å². The lowest BCUT2D eigenvalue weighted by Gasteiger charge is -2.35. The Labute approximate surface area is 97.1 Å². The normalized spacial score (nSPS) is 20.9. The highest BCUT2D eigenvalue weighted by molar-refractivity contribution is 5.79. The summed E-state index contributed by atoms with van der Waals surface area (Å²) in [6.07, 6.45) is 3.00. The van der Waals surface area contributed by atoms with E-state index in [4.69, 9.17) is 16.2 Å². The largest absolute Gasteiger partial charge is 0.377 e. The van der Waals surface area contributed by atoms with Crippen molar-refractivity contribution in [3.8, 4) is 0 Å². The van der Waals surface area contributed by atoms with Crippen LogP contribution in [-0.2, 0) is 9.53 Å². The van der Waals surface area contributed by atoms with Crippen molar-refractivity contribution in [1.29, 1.82) is 0 Å². The maximum Gasteiger partial charge on any atom is 0.234 e. The molecule has 1 amide bonds. The smallest absolute Gasteiger partial charge is 0.234 e. The van der Waals surface area contributed by atoms with Crippen LogP contribution in [0, 0.1) is 0 Å². The van der Waals surface area contributed by atoms with Crippen LogP contribution in [0.2, 0.25) is 0 Å². The molecule has 1 unspecified atom stereocenters. The number of carbonyl (C=O) groups excluding carboxylic acids is 1. The highest BCUT2D eigenvalue weighted by Crippen LogP contribution is 2.17. The van der Waals surface area contributed by atoms with Crippen LogP contribution in [-0.4, -0.2) is 49.2 Å². The molecule has 16 heavy (non-hydrogen) atoms. The van der Waals surface area contributed by atoms with Gasteiger partial charge in [0.25, 0.3) is 0 Å². The maximum absolute atomic E-state index is 11.2. The van der Waals surface area contributed by atoms with E-state index in [2.05, 4.69) is 4.90 Å². The molecule has 1 heterocycles. The van der Waals surface area contributed by atoms with Gasteiger partial charge in [-0.25, -0.2) is 0 Å². The van der Waals surface area contributed by atoms with Crippen LogP contribution in [0.5, 0.6) is 0 Å². The molecule has 5 heteroatoms. The molecular weight excluding hydrogens is 206 g/mol. The summed E-state index contributed by atoms with van der Waals surface area (Å²) in [5.41, 5.74) is 10.8. The van der Waals surface area contributed by atoms with E-state index in [0.29, 0.717) is 19.3 Å². The summed E-state index contributed by atoms with van der Waals surface area (Å²) < 4.78 is 5.59. The maximum atomic E-state index is 11.2. The van der Waals surface area contributed by atoms with Gasteiger partial charge in [-0.1, -0.05) is 6.92 Å². The number of likely N-dealkylation sites (tertiary alicyclic amines) is 1. The van der Waals surface area contributed by atoms with Crippen LogP contribution in [0.4, 0.5) is 0 Å². The number of carbonyl (C=O) groups is 1. The minimum atomic E-state index is -0.219. The first-order valence-corrected chi connectivity index (χ1v) is 6.04. The number of nitrogens with two attached hydrogens (primary N) is 2. The second-order valence-electron chi connectivity index (χ2n) is 4.22. The van der Waals surface area contributed by atoms with Crippen molar-refractivity contribution in [3.63, 3.8) is 0 Å². The Morgan fingerprint density at radius 3 is 2.56 bits per heavy atom. The predicted octanol–water partition coefficient (Wildman–Crippen LogP) is -0.310. The van der Waals surface area contributed by atoms with E-state index in [-0.39, 0.29) is 11.9 Å². The fourth-order valence-corrected chi connectivity index (χ4v) is 2.23. The fraction of sp³-hybridized carbons (Fsp3) is 0.909. The van der Waals surface area contributed by atoms with Gasteiger partial charge in [-0.15, -0.1) is 0 Å². The second kappa shape index (κ2) is 6.83. The van der Waals surface area contributed by atoms with Crippen LogP contribution in [0.3, 0.4) is 0 Å². The molecule has 0 aromatic carbocycles. The Morgan fingerprint density at radius 1 is 1.50 bits per heavy atom. The van der Waals surface area contributed by atoms with Crippen LogP contribution >= 0.6 is 0 Å². The predicted molar refractivity (Wildman–Crippen MR) is 62.9 cm³/mol. The molecule has 1 atom stereocenters. The molecule has 0 aromatic heterocycles. The van der Waals surface area contributed by atoms with Crippen LogP contribution in [0.25, 0.3) is 0 Å². The molecule has 5 nitrogen and oxygen atoms in total. The lowest BCUT2D eigenvalue weighted by molar-refractivity contribution is -0.124. The van der Waals surface area contributed by atoms with Gasteiger partial charge < -0.3 is 16.2 Å². The molecule has 0 spiro atoms. The Balaban J connectivity index is 2.33. The minimum absolute atomic E-state index is 0.115. The highest BCUT2D eigenvalue weighted by Gasteiger charge is 2.27. The monoisotopic (exact) mass is 229 g/mol. The number of ether oxygens (including phenoxy) is 1. The molecule has 94 valence electrons. The summed E-state index contributed by atoms with van der Waals surface area (Å²) >= 11 is 0. The van der Waals surface area contributed by atoms with Crippen LogP contribution < -0.4 is 11.5 Å². The van der Waals surface area contributed by atoms with Crippen molar-refractivity contribution in [2.75, 3.05) is 26.2 Å². The second-order valence-corrected chi connectivity index (χ2v) is 4.22. The lowest BCUT2D eigenvalue weighted by atomic mass is 10.0. The number of nitrogens with zero attached hydrogens (tertiary/aromatic N) is 1. The first kappa shape index (κ1) is 13.4. The Morgan fingerprint density at radius 2 is 2.12 bits per heavy atom. The van der Waals surface area contributed by atoms with E-state index in [1.807, 2.05) is 6.92 Å². The van der Waals surface area contributed by atoms with Crippen LogP contribution in [0.1, 0.15) is 26.2 Å². The summed E-state index contributed by atoms with van der Waals surface area (Å²) in [5.74, 6) is -0.219. The van der Waals surface area contributed by atoms with Crippen molar-refractivity contribution in [3.05, 3.63) is 0 Å². The Hall–Kier alpha value is -0.650. The van der Waals surface area contributed by atoms with Crippen molar-refractivity contribution < 1.29 is 9.53 Å². The van der Waals surface area contributed by atoms with Crippen molar-refractivity contribution in [2.45, 2.75) is 38.3 Å². The Kier molecular flexibility index (Phi) is 5.73. The van der Waals surface area contributed by atoms with Crippen molar-refractivity contribution in [2.24, 2.45) is 11.5 Å². The third kappa shape index (κ3) is 3.73.